The summed E-state index contributed by atoms with van der Waals surface area (Å²) in [7, 11) is 0. The van der Waals surface area contributed by atoms with Crippen molar-refractivity contribution in [3.05, 3.63) is 71.3 Å². The maximum absolute atomic E-state index is 13.3. The second-order valence-corrected chi connectivity index (χ2v) is 11.2. The quantitative estimate of drug-likeness (QED) is 0.243. The highest BCUT2D eigenvalue weighted by Crippen LogP contribution is 2.25. The van der Waals surface area contributed by atoms with E-state index in [4.69, 9.17) is 9.47 Å². The zero-order valence-corrected chi connectivity index (χ0v) is 23.4. The molecule has 1 heterocycles. The SMILES string of the molecule is CCC(C)(C)OCN1C(=O)C(Cc2ccccc2)C(=O)N(COC(=O)c2ccc(C(=O)C(C)(C)C)cc2)C1=O. The average molecular weight is 537 g/mol. The number of benzene rings is 2. The molecule has 208 valence electrons. The van der Waals surface area contributed by atoms with Gasteiger partial charge in [0, 0.05) is 11.0 Å². The number of barbiturate groups is 1. The van der Waals surface area contributed by atoms with Crippen LogP contribution in [0.1, 0.15) is 74.2 Å². The molecule has 0 saturated carbocycles. The van der Waals surface area contributed by atoms with Crippen LogP contribution >= 0.6 is 0 Å². The molecule has 1 unspecified atom stereocenters. The van der Waals surface area contributed by atoms with E-state index in [-0.39, 0.29) is 24.5 Å². The first-order valence-electron chi connectivity index (χ1n) is 12.9. The largest absolute Gasteiger partial charge is 0.440 e. The topological polar surface area (TPSA) is 110 Å². The van der Waals surface area contributed by atoms with Crippen molar-refractivity contribution in [3.8, 4) is 0 Å². The third kappa shape index (κ3) is 7.17. The Balaban J connectivity index is 1.78. The van der Waals surface area contributed by atoms with E-state index in [2.05, 4.69) is 0 Å². The molecule has 3 rings (SSSR count). The zero-order chi connectivity index (χ0) is 29.0. The fourth-order valence-electron chi connectivity index (χ4n) is 3.82. The summed E-state index contributed by atoms with van der Waals surface area (Å²) >= 11 is 0. The van der Waals surface area contributed by atoms with Crippen LogP contribution in [0.2, 0.25) is 0 Å². The number of urea groups is 1. The molecule has 2 aromatic carbocycles. The highest BCUT2D eigenvalue weighted by molar-refractivity contribution is 6.16. The first-order valence-corrected chi connectivity index (χ1v) is 12.9. The Morgan fingerprint density at radius 1 is 0.795 bits per heavy atom. The molecule has 1 aliphatic heterocycles. The van der Waals surface area contributed by atoms with Crippen molar-refractivity contribution in [1.29, 1.82) is 0 Å². The van der Waals surface area contributed by atoms with Crippen molar-refractivity contribution in [2.24, 2.45) is 11.3 Å². The number of esters is 1. The van der Waals surface area contributed by atoms with E-state index >= 15 is 0 Å². The van der Waals surface area contributed by atoms with Gasteiger partial charge in [-0.25, -0.2) is 19.4 Å². The molecule has 4 amide bonds. The number of amides is 4. The number of carbonyl (C=O) groups is 5. The standard InChI is InChI=1S/C30H36N2O7/c1-7-30(5,6)39-19-32-26(35)23(17-20-11-9-8-10-12-20)25(34)31(28(32)37)18-38-27(36)22-15-13-21(14-16-22)24(33)29(2,3)4/h8-16,23H,7,17-19H2,1-6H3. The molecule has 0 N–H and O–H groups in total. The first kappa shape index (κ1) is 29.7. The van der Waals surface area contributed by atoms with E-state index < -0.39 is 47.5 Å². The summed E-state index contributed by atoms with van der Waals surface area (Å²) in [5.74, 6) is -3.45. The minimum absolute atomic E-state index is 0.0744. The lowest BCUT2D eigenvalue weighted by molar-refractivity contribution is -0.158. The summed E-state index contributed by atoms with van der Waals surface area (Å²) in [5.41, 5.74) is 0.171. The van der Waals surface area contributed by atoms with E-state index in [0.29, 0.717) is 12.0 Å². The summed E-state index contributed by atoms with van der Waals surface area (Å²) in [6.45, 7) is 9.97. The highest BCUT2D eigenvalue weighted by atomic mass is 16.5. The van der Waals surface area contributed by atoms with Crippen molar-refractivity contribution in [1.82, 2.24) is 9.80 Å². The van der Waals surface area contributed by atoms with Crippen molar-refractivity contribution in [2.75, 3.05) is 13.5 Å². The van der Waals surface area contributed by atoms with Gasteiger partial charge in [-0.3, -0.25) is 14.4 Å². The van der Waals surface area contributed by atoms with E-state index in [0.717, 1.165) is 15.4 Å². The number of hydrogen-bond donors (Lipinski definition) is 0. The van der Waals surface area contributed by atoms with Gasteiger partial charge >= 0.3 is 12.0 Å². The molecule has 1 fully saturated rings. The summed E-state index contributed by atoms with van der Waals surface area (Å²) in [5, 5.41) is 0. The fraction of sp³-hybridized carbons (Fsp3) is 0.433. The van der Waals surface area contributed by atoms with Crippen LogP contribution in [0, 0.1) is 11.3 Å². The predicted molar refractivity (Wildman–Crippen MR) is 144 cm³/mol. The molecule has 0 spiro atoms. The van der Waals surface area contributed by atoms with Crippen LogP contribution in [-0.2, 0) is 25.5 Å². The van der Waals surface area contributed by atoms with E-state index in [9.17, 15) is 24.0 Å². The number of rotatable bonds is 10. The number of nitrogens with zero attached hydrogens (tertiary/aromatic N) is 2. The third-order valence-corrected chi connectivity index (χ3v) is 6.70. The molecule has 1 atom stereocenters. The number of imide groups is 2. The van der Waals surface area contributed by atoms with Crippen LogP contribution in [0.5, 0.6) is 0 Å². The molecule has 9 heteroatoms. The van der Waals surface area contributed by atoms with Crippen molar-refractivity contribution in [2.45, 2.75) is 60.0 Å². The van der Waals surface area contributed by atoms with E-state index in [1.165, 1.54) is 24.3 Å². The van der Waals surface area contributed by atoms with Crippen molar-refractivity contribution >= 4 is 29.6 Å². The zero-order valence-electron chi connectivity index (χ0n) is 23.4. The number of Topliss-reactive ketones (excluding diaryl/α,β-unsaturated/α-hetero) is 1. The Labute approximate surface area is 229 Å². The molecule has 39 heavy (non-hydrogen) atoms. The summed E-state index contributed by atoms with van der Waals surface area (Å²) < 4.78 is 11.1. The summed E-state index contributed by atoms with van der Waals surface area (Å²) in [6.07, 6.45) is 0.713. The summed E-state index contributed by atoms with van der Waals surface area (Å²) in [6, 6.07) is 14.0. The molecular weight excluding hydrogens is 500 g/mol. The Morgan fingerprint density at radius 2 is 1.33 bits per heavy atom. The minimum Gasteiger partial charge on any atom is -0.440 e. The number of hydrogen-bond acceptors (Lipinski definition) is 7. The van der Waals surface area contributed by atoms with Gasteiger partial charge in [0.15, 0.2) is 12.5 Å². The van der Waals surface area contributed by atoms with Crippen LogP contribution in [0.3, 0.4) is 0 Å². The maximum atomic E-state index is 13.3. The lowest BCUT2D eigenvalue weighted by atomic mass is 9.86. The number of ketones is 1. The molecular formula is C30H36N2O7. The lowest BCUT2D eigenvalue weighted by Gasteiger charge is -2.37. The molecule has 0 aromatic heterocycles. The van der Waals surface area contributed by atoms with E-state index in [1.54, 1.807) is 45.0 Å². The Kier molecular flexibility index (Phi) is 9.07. The molecule has 2 aromatic rings. The molecule has 0 radical (unpaired) electrons. The van der Waals surface area contributed by atoms with Gasteiger partial charge in [0.2, 0.25) is 11.8 Å². The molecule has 0 bridgehead atoms. The van der Waals surface area contributed by atoms with Gasteiger partial charge in [0.25, 0.3) is 0 Å². The number of ether oxygens (including phenoxy) is 2. The normalized spacial score (nSPS) is 16.5. The Morgan fingerprint density at radius 3 is 1.87 bits per heavy atom. The van der Waals surface area contributed by atoms with Crippen LogP contribution in [0.25, 0.3) is 0 Å². The lowest BCUT2D eigenvalue weighted by Crippen LogP contribution is -2.61. The van der Waals surface area contributed by atoms with Gasteiger partial charge in [-0.15, -0.1) is 0 Å². The van der Waals surface area contributed by atoms with Crippen LogP contribution in [0.15, 0.2) is 54.6 Å². The van der Waals surface area contributed by atoms with Gasteiger partial charge in [-0.2, -0.15) is 0 Å². The summed E-state index contributed by atoms with van der Waals surface area (Å²) in [4.78, 5) is 66.6. The predicted octanol–water partition coefficient (Wildman–Crippen LogP) is 4.84. The molecule has 9 nitrogen and oxygen atoms in total. The fourth-order valence-corrected chi connectivity index (χ4v) is 3.82. The number of carbonyl (C=O) groups excluding carboxylic acids is 5. The third-order valence-electron chi connectivity index (χ3n) is 6.70. The Bertz CT molecular complexity index is 1230. The van der Waals surface area contributed by atoms with Gasteiger partial charge in [0.1, 0.15) is 12.6 Å². The van der Waals surface area contributed by atoms with Crippen LogP contribution in [0.4, 0.5) is 4.79 Å². The van der Waals surface area contributed by atoms with Crippen molar-refractivity contribution < 1.29 is 33.4 Å². The second kappa shape index (κ2) is 11.9. The van der Waals surface area contributed by atoms with Gasteiger partial charge in [-0.05, 0) is 44.4 Å². The monoisotopic (exact) mass is 536 g/mol. The molecule has 0 aliphatic carbocycles. The Hall–Kier alpha value is -3.85. The van der Waals surface area contributed by atoms with Crippen LogP contribution in [-0.4, -0.2) is 58.5 Å². The maximum Gasteiger partial charge on any atom is 0.339 e. The van der Waals surface area contributed by atoms with Gasteiger partial charge in [0.05, 0.1) is 11.2 Å². The van der Waals surface area contributed by atoms with E-state index in [1.807, 2.05) is 26.8 Å². The van der Waals surface area contributed by atoms with Gasteiger partial charge < -0.3 is 9.47 Å². The highest BCUT2D eigenvalue weighted by Gasteiger charge is 2.46. The molecule has 1 aliphatic rings. The van der Waals surface area contributed by atoms with Crippen LogP contribution < -0.4 is 0 Å². The smallest absolute Gasteiger partial charge is 0.339 e. The second-order valence-electron chi connectivity index (χ2n) is 11.2. The average Bonchev–Trinajstić information content (AvgIpc) is 2.90. The van der Waals surface area contributed by atoms with Crippen molar-refractivity contribution in [3.63, 3.8) is 0 Å². The first-order chi connectivity index (χ1) is 18.2. The van der Waals surface area contributed by atoms with Gasteiger partial charge in [-0.1, -0.05) is 70.2 Å². The minimum atomic E-state index is -1.18. The molecule has 1 saturated heterocycles.